The van der Waals surface area contributed by atoms with Gasteiger partial charge in [0.15, 0.2) is 5.60 Å². The van der Waals surface area contributed by atoms with E-state index in [1.807, 2.05) is 34.1 Å². The first-order chi connectivity index (χ1) is 20.0. The van der Waals surface area contributed by atoms with Gasteiger partial charge in [-0.3, -0.25) is 9.59 Å². The van der Waals surface area contributed by atoms with Crippen molar-refractivity contribution < 1.29 is 28.6 Å². The molecule has 0 bridgehead atoms. The normalized spacial score (nSPS) is 19.4. The molecular weight excluding hydrogens is 607 g/mol. The van der Waals surface area contributed by atoms with Crippen LogP contribution in [0.5, 0.6) is 5.75 Å². The van der Waals surface area contributed by atoms with Crippen LogP contribution in [-0.4, -0.2) is 88.6 Å². The minimum atomic E-state index is -1.24. The fourth-order valence-electron chi connectivity index (χ4n) is 5.81. The number of hydrogen-bond acceptors (Lipinski definition) is 5. The number of rotatable bonds is 8. The van der Waals surface area contributed by atoms with E-state index in [-0.39, 0.29) is 50.0 Å². The largest absolute Gasteiger partial charge is 0.478 e. The molecule has 1 saturated carbocycles. The Labute approximate surface area is 254 Å². The third-order valence-electron chi connectivity index (χ3n) is 8.29. The molecule has 2 aromatic rings. The van der Waals surface area contributed by atoms with E-state index >= 15 is 4.39 Å². The molecule has 2 saturated heterocycles. The zero-order chi connectivity index (χ0) is 30.0. The molecule has 2 aromatic carbocycles. The van der Waals surface area contributed by atoms with Crippen LogP contribution in [0.25, 0.3) is 0 Å². The highest BCUT2D eigenvalue weighted by molar-refractivity contribution is 9.10. The van der Waals surface area contributed by atoms with Crippen molar-refractivity contribution in [3.05, 3.63) is 58.3 Å². The average Bonchev–Trinajstić information content (AvgIpc) is 3.82. The van der Waals surface area contributed by atoms with Crippen LogP contribution in [0, 0.1) is 11.7 Å². The van der Waals surface area contributed by atoms with E-state index in [0.29, 0.717) is 31.1 Å². The topological polar surface area (TPSA) is 93.6 Å². The minimum Gasteiger partial charge on any atom is -0.478 e. The summed E-state index contributed by atoms with van der Waals surface area (Å²) >= 11 is 3.47. The van der Waals surface area contributed by atoms with E-state index in [1.54, 1.807) is 24.8 Å². The Balaban J connectivity index is 1.25. The van der Waals surface area contributed by atoms with Gasteiger partial charge in [-0.1, -0.05) is 28.1 Å². The van der Waals surface area contributed by atoms with Crippen molar-refractivity contribution >= 4 is 39.5 Å². The lowest BCUT2D eigenvalue weighted by Crippen LogP contribution is -2.56. The molecule has 2 heterocycles. The quantitative estimate of drug-likeness (QED) is 0.436. The van der Waals surface area contributed by atoms with E-state index in [9.17, 15) is 19.5 Å². The molecule has 1 N–H and O–H groups in total. The molecule has 2 aliphatic heterocycles. The summed E-state index contributed by atoms with van der Waals surface area (Å²) in [7, 11) is 0. The number of piperidine rings is 1. The Morgan fingerprint density at radius 3 is 2.31 bits per heavy atom. The summed E-state index contributed by atoms with van der Waals surface area (Å²) < 4.78 is 22.3. The number of nitrogens with zero attached hydrogens (tertiary/aromatic N) is 4. The number of amides is 3. The van der Waals surface area contributed by atoms with Crippen molar-refractivity contribution in [3.8, 4) is 5.75 Å². The molecule has 3 amide bonds. The third-order valence-corrected chi connectivity index (χ3v) is 8.82. The van der Waals surface area contributed by atoms with E-state index < -0.39 is 17.5 Å². The van der Waals surface area contributed by atoms with Crippen LogP contribution >= 0.6 is 15.9 Å². The fraction of sp³-hybridized carbons (Fsp3) is 0.516. The van der Waals surface area contributed by atoms with E-state index in [1.165, 1.54) is 17.0 Å². The summed E-state index contributed by atoms with van der Waals surface area (Å²) in [5.74, 6) is -0.419. The van der Waals surface area contributed by atoms with Gasteiger partial charge in [0.05, 0.1) is 11.6 Å². The van der Waals surface area contributed by atoms with Crippen LogP contribution in [0.3, 0.4) is 0 Å². The van der Waals surface area contributed by atoms with Crippen molar-refractivity contribution in [2.24, 2.45) is 5.92 Å². The van der Waals surface area contributed by atoms with E-state index in [0.717, 1.165) is 35.7 Å². The van der Waals surface area contributed by atoms with Gasteiger partial charge in [-0.2, -0.15) is 0 Å². The van der Waals surface area contributed by atoms with Gasteiger partial charge in [-0.05, 0) is 69.4 Å². The number of ether oxygens (including phenoxy) is 1. The van der Waals surface area contributed by atoms with Gasteiger partial charge >= 0.3 is 6.09 Å². The van der Waals surface area contributed by atoms with Crippen LogP contribution < -0.4 is 9.64 Å². The van der Waals surface area contributed by atoms with Crippen LogP contribution in [0.2, 0.25) is 0 Å². The number of hydrogen-bond donors (Lipinski definition) is 1. The highest BCUT2D eigenvalue weighted by Crippen LogP contribution is 2.34. The Hall–Kier alpha value is -3.34. The number of carbonyl (C=O) groups excluding carboxylic acids is 2. The molecule has 226 valence electrons. The van der Waals surface area contributed by atoms with Crippen molar-refractivity contribution in [2.75, 3.05) is 44.2 Å². The Morgan fingerprint density at radius 1 is 1.00 bits per heavy atom. The maximum atomic E-state index is 15.2. The maximum Gasteiger partial charge on any atom is 0.407 e. The lowest BCUT2D eigenvalue weighted by atomic mass is 9.95. The molecule has 0 spiro atoms. The van der Waals surface area contributed by atoms with Gasteiger partial charge in [0.25, 0.3) is 5.91 Å². The Morgan fingerprint density at radius 2 is 1.67 bits per heavy atom. The first-order valence-corrected chi connectivity index (χ1v) is 15.4. The van der Waals surface area contributed by atoms with Crippen LogP contribution in [0.4, 0.5) is 14.9 Å². The molecule has 0 unspecified atom stereocenters. The predicted molar refractivity (Wildman–Crippen MR) is 160 cm³/mol. The Kier molecular flexibility index (Phi) is 8.96. The number of halogens is 2. The highest BCUT2D eigenvalue weighted by Gasteiger charge is 2.39. The van der Waals surface area contributed by atoms with Crippen LogP contribution in [0.1, 0.15) is 45.1 Å². The third kappa shape index (κ3) is 6.99. The van der Waals surface area contributed by atoms with Crippen LogP contribution in [0.15, 0.2) is 46.9 Å². The Bertz CT molecular complexity index is 1310. The van der Waals surface area contributed by atoms with Crippen LogP contribution in [-0.2, 0) is 16.1 Å². The second kappa shape index (κ2) is 12.5. The van der Waals surface area contributed by atoms with Gasteiger partial charge in [0.1, 0.15) is 11.6 Å². The number of anilines is 1. The summed E-state index contributed by atoms with van der Waals surface area (Å²) in [6.45, 7) is 5.99. The molecule has 1 atom stereocenters. The predicted octanol–water partition coefficient (Wildman–Crippen LogP) is 4.98. The molecule has 3 fully saturated rings. The number of benzene rings is 2. The molecule has 9 nitrogen and oxygen atoms in total. The summed E-state index contributed by atoms with van der Waals surface area (Å²) in [4.78, 5) is 45.0. The fourth-order valence-corrected chi connectivity index (χ4v) is 6.07. The lowest BCUT2D eigenvalue weighted by molar-refractivity contribution is -0.147. The zero-order valence-corrected chi connectivity index (χ0v) is 25.7. The SMILES string of the molecule is CC(C)(Oc1ccc(F)c(N2CCC[C@@H](C(=O)N(Cc3ccc(Br)cc3)C3CC3)C2)c1)C(=O)N1CCN(C(=O)O)CC1. The molecular formula is C31H38BrFN4O5. The number of carboxylic acid groups (broad SMARTS) is 1. The van der Waals surface area contributed by atoms with Gasteiger partial charge in [0, 0.05) is 62.4 Å². The highest BCUT2D eigenvalue weighted by atomic mass is 79.9. The second-order valence-corrected chi connectivity index (χ2v) is 12.8. The summed E-state index contributed by atoms with van der Waals surface area (Å²) in [5, 5.41) is 9.18. The first kappa shape index (κ1) is 30.1. The smallest absolute Gasteiger partial charge is 0.407 e. The number of carbonyl (C=O) groups is 3. The van der Waals surface area contributed by atoms with Crippen molar-refractivity contribution in [1.82, 2.24) is 14.7 Å². The molecule has 42 heavy (non-hydrogen) atoms. The number of piperazine rings is 1. The van der Waals surface area contributed by atoms with Crippen molar-refractivity contribution in [3.63, 3.8) is 0 Å². The van der Waals surface area contributed by atoms with Gasteiger partial charge in [0.2, 0.25) is 5.91 Å². The second-order valence-electron chi connectivity index (χ2n) is 11.9. The monoisotopic (exact) mass is 644 g/mol. The zero-order valence-electron chi connectivity index (χ0n) is 24.1. The molecule has 11 heteroatoms. The average molecular weight is 646 g/mol. The first-order valence-electron chi connectivity index (χ1n) is 14.6. The molecule has 0 radical (unpaired) electrons. The van der Waals surface area contributed by atoms with Crippen molar-refractivity contribution in [2.45, 2.75) is 57.7 Å². The molecule has 5 rings (SSSR count). The maximum absolute atomic E-state index is 15.2. The minimum absolute atomic E-state index is 0.118. The van der Waals surface area contributed by atoms with Gasteiger partial charge < -0.3 is 29.4 Å². The summed E-state index contributed by atoms with van der Waals surface area (Å²) in [5.41, 5.74) is 0.204. The standard InChI is InChI=1S/C31H38BrFN4O5/c1-31(2,29(39)34-14-16-35(17-15-34)30(40)41)42-25-11-12-26(33)27(18-25)36-13-3-4-22(20-36)28(38)37(24-9-10-24)19-21-5-7-23(32)8-6-21/h5-8,11-12,18,22,24H,3-4,9-10,13-17,19-20H2,1-2H3,(H,40,41)/t22-/m1/s1. The summed E-state index contributed by atoms with van der Waals surface area (Å²) in [6, 6.07) is 12.8. The van der Waals surface area contributed by atoms with Gasteiger partial charge in [-0.25, -0.2) is 9.18 Å². The van der Waals surface area contributed by atoms with E-state index in [4.69, 9.17) is 4.74 Å². The molecule has 0 aromatic heterocycles. The van der Waals surface area contributed by atoms with Gasteiger partial charge in [-0.15, -0.1) is 0 Å². The summed E-state index contributed by atoms with van der Waals surface area (Å²) in [6.07, 6.45) is 2.55. The van der Waals surface area contributed by atoms with Crippen molar-refractivity contribution in [1.29, 1.82) is 0 Å². The lowest BCUT2D eigenvalue weighted by Gasteiger charge is -2.38. The molecule has 3 aliphatic rings. The van der Waals surface area contributed by atoms with E-state index in [2.05, 4.69) is 15.9 Å². The molecule has 1 aliphatic carbocycles.